The van der Waals surface area contributed by atoms with E-state index in [1.54, 1.807) is 24.3 Å². The minimum atomic E-state index is -3.48. The van der Waals surface area contributed by atoms with Crippen molar-refractivity contribution in [3.63, 3.8) is 0 Å². The van der Waals surface area contributed by atoms with Crippen molar-refractivity contribution in [1.82, 2.24) is 9.21 Å². The third kappa shape index (κ3) is 5.65. The van der Waals surface area contributed by atoms with Crippen LogP contribution in [0.3, 0.4) is 0 Å². The highest BCUT2D eigenvalue weighted by molar-refractivity contribution is 7.89. The normalized spacial score (nSPS) is 15.3. The molecular formula is C25H26FN3O3S. The summed E-state index contributed by atoms with van der Waals surface area (Å²) < 4.78 is 40.3. The fourth-order valence-electron chi connectivity index (χ4n) is 3.74. The zero-order valence-electron chi connectivity index (χ0n) is 18.4. The first-order chi connectivity index (χ1) is 15.8. The first kappa shape index (κ1) is 23.1. The molecule has 172 valence electrons. The summed E-state index contributed by atoms with van der Waals surface area (Å²) in [7, 11) is -3.48. The van der Waals surface area contributed by atoms with Gasteiger partial charge in [-0.05, 0) is 61.0 Å². The lowest BCUT2D eigenvalue weighted by molar-refractivity contribution is 0.102. The predicted octanol–water partition coefficient (Wildman–Crippen LogP) is 3.89. The van der Waals surface area contributed by atoms with Crippen LogP contribution in [0.25, 0.3) is 0 Å². The lowest BCUT2D eigenvalue weighted by Gasteiger charge is -2.34. The topological polar surface area (TPSA) is 69.7 Å². The van der Waals surface area contributed by atoms with Crippen LogP contribution in [0, 0.1) is 12.7 Å². The van der Waals surface area contributed by atoms with E-state index in [1.807, 2.05) is 31.2 Å². The van der Waals surface area contributed by atoms with Crippen LogP contribution >= 0.6 is 0 Å². The Morgan fingerprint density at radius 2 is 1.48 bits per heavy atom. The van der Waals surface area contributed by atoms with Crippen molar-refractivity contribution in [2.24, 2.45) is 0 Å². The molecule has 8 heteroatoms. The molecule has 0 unspecified atom stereocenters. The lowest BCUT2D eigenvalue weighted by atomic mass is 10.1. The van der Waals surface area contributed by atoms with Crippen LogP contribution in [0.2, 0.25) is 0 Å². The van der Waals surface area contributed by atoms with Crippen LogP contribution in [-0.2, 0) is 16.6 Å². The van der Waals surface area contributed by atoms with Crippen LogP contribution in [0.15, 0.2) is 77.7 Å². The summed E-state index contributed by atoms with van der Waals surface area (Å²) in [5.41, 5.74) is 3.11. The van der Waals surface area contributed by atoms with Gasteiger partial charge >= 0.3 is 0 Å². The van der Waals surface area contributed by atoms with Crippen molar-refractivity contribution in [2.75, 3.05) is 31.5 Å². The van der Waals surface area contributed by atoms with Gasteiger partial charge in [0.1, 0.15) is 5.82 Å². The molecule has 0 aromatic heterocycles. The van der Waals surface area contributed by atoms with Gasteiger partial charge in [-0.2, -0.15) is 4.31 Å². The molecule has 1 N–H and O–H groups in total. The van der Waals surface area contributed by atoms with Crippen molar-refractivity contribution in [2.45, 2.75) is 18.4 Å². The largest absolute Gasteiger partial charge is 0.322 e. The van der Waals surface area contributed by atoms with Crippen molar-refractivity contribution in [3.8, 4) is 0 Å². The van der Waals surface area contributed by atoms with Gasteiger partial charge in [0.15, 0.2) is 0 Å². The summed E-state index contributed by atoms with van der Waals surface area (Å²) in [6.07, 6.45) is 0. The molecule has 3 aromatic rings. The Bertz CT molecular complexity index is 1200. The van der Waals surface area contributed by atoms with E-state index >= 15 is 0 Å². The number of benzene rings is 3. The summed E-state index contributed by atoms with van der Waals surface area (Å²) in [6, 6.07) is 19.9. The van der Waals surface area contributed by atoms with Gasteiger partial charge in [0.25, 0.3) is 5.91 Å². The summed E-state index contributed by atoms with van der Waals surface area (Å²) in [5.74, 6) is -0.617. The molecule has 0 radical (unpaired) electrons. The van der Waals surface area contributed by atoms with Gasteiger partial charge in [-0.1, -0.05) is 29.8 Å². The Balaban J connectivity index is 1.31. The standard InChI is InChI=1S/C25H26FN3O3S/c1-19-2-12-24(13-3-19)33(31,32)29-16-14-28(15-17-29)18-20-4-6-21(7-5-20)25(30)27-23-10-8-22(26)9-11-23/h2-13H,14-18H2,1H3,(H,27,30). The van der Waals surface area contributed by atoms with E-state index in [2.05, 4.69) is 10.2 Å². The number of amides is 1. The number of rotatable bonds is 6. The number of nitrogens with zero attached hydrogens (tertiary/aromatic N) is 2. The average molecular weight is 468 g/mol. The number of carbonyl (C=O) groups excluding carboxylic acids is 1. The van der Waals surface area contributed by atoms with Crippen LogP contribution in [-0.4, -0.2) is 49.7 Å². The molecule has 33 heavy (non-hydrogen) atoms. The van der Waals surface area contributed by atoms with Gasteiger partial charge in [-0.3, -0.25) is 9.69 Å². The van der Waals surface area contributed by atoms with Gasteiger partial charge < -0.3 is 5.32 Å². The van der Waals surface area contributed by atoms with Gasteiger partial charge in [0, 0.05) is 44.0 Å². The minimum absolute atomic E-state index is 0.261. The molecule has 1 heterocycles. The number of piperazine rings is 1. The van der Waals surface area contributed by atoms with Crippen molar-refractivity contribution in [3.05, 3.63) is 95.3 Å². The Morgan fingerprint density at radius 3 is 2.09 bits per heavy atom. The number of hydrogen-bond donors (Lipinski definition) is 1. The van der Waals surface area contributed by atoms with Crippen LogP contribution < -0.4 is 5.32 Å². The molecule has 0 spiro atoms. The van der Waals surface area contributed by atoms with Gasteiger partial charge in [-0.15, -0.1) is 0 Å². The first-order valence-corrected chi connectivity index (χ1v) is 12.2. The maximum Gasteiger partial charge on any atom is 0.255 e. The van der Waals surface area contributed by atoms with E-state index in [0.717, 1.165) is 11.1 Å². The van der Waals surface area contributed by atoms with E-state index in [0.29, 0.717) is 48.9 Å². The number of carbonyl (C=O) groups is 1. The maximum absolute atomic E-state index is 13.0. The Hall–Kier alpha value is -3.07. The molecule has 3 aromatic carbocycles. The third-order valence-electron chi connectivity index (χ3n) is 5.71. The lowest BCUT2D eigenvalue weighted by Crippen LogP contribution is -2.48. The SMILES string of the molecule is Cc1ccc(S(=O)(=O)N2CCN(Cc3ccc(C(=O)Nc4ccc(F)cc4)cc3)CC2)cc1. The zero-order valence-corrected chi connectivity index (χ0v) is 19.2. The minimum Gasteiger partial charge on any atom is -0.322 e. The average Bonchev–Trinajstić information content (AvgIpc) is 2.82. The summed E-state index contributed by atoms with van der Waals surface area (Å²) in [6.45, 7) is 4.76. The van der Waals surface area contributed by atoms with E-state index in [1.165, 1.54) is 28.6 Å². The van der Waals surface area contributed by atoms with E-state index in [4.69, 9.17) is 0 Å². The summed E-state index contributed by atoms with van der Waals surface area (Å²) in [5, 5.41) is 2.74. The second-order valence-corrected chi connectivity index (χ2v) is 10.1. The third-order valence-corrected chi connectivity index (χ3v) is 7.63. The predicted molar refractivity (Wildman–Crippen MR) is 126 cm³/mol. The second-order valence-electron chi connectivity index (χ2n) is 8.15. The van der Waals surface area contributed by atoms with Crippen LogP contribution in [0.5, 0.6) is 0 Å². The zero-order chi connectivity index (χ0) is 23.4. The van der Waals surface area contributed by atoms with Gasteiger partial charge in [0.2, 0.25) is 10.0 Å². The van der Waals surface area contributed by atoms with E-state index < -0.39 is 10.0 Å². The molecule has 0 atom stereocenters. The second kappa shape index (κ2) is 9.82. The van der Waals surface area contributed by atoms with Crippen LogP contribution in [0.1, 0.15) is 21.5 Å². The molecule has 1 aliphatic heterocycles. The van der Waals surface area contributed by atoms with Gasteiger partial charge in [0.05, 0.1) is 4.90 Å². The van der Waals surface area contributed by atoms with Crippen molar-refractivity contribution < 1.29 is 17.6 Å². The highest BCUT2D eigenvalue weighted by atomic mass is 32.2. The Morgan fingerprint density at radius 1 is 0.879 bits per heavy atom. The highest BCUT2D eigenvalue weighted by Gasteiger charge is 2.28. The molecule has 1 fully saturated rings. The first-order valence-electron chi connectivity index (χ1n) is 10.8. The number of halogens is 1. The Labute approximate surface area is 193 Å². The molecule has 0 bridgehead atoms. The number of nitrogens with one attached hydrogen (secondary N) is 1. The fraction of sp³-hybridized carbons (Fsp3) is 0.240. The number of sulfonamides is 1. The smallest absolute Gasteiger partial charge is 0.255 e. The fourth-order valence-corrected chi connectivity index (χ4v) is 5.17. The number of hydrogen-bond acceptors (Lipinski definition) is 4. The monoisotopic (exact) mass is 467 g/mol. The Kier molecular flexibility index (Phi) is 6.88. The molecule has 0 saturated carbocycles. The molecule has 1 amide bonds. The maximum atomic E-state index is 13.0. The number of aryl methyl sites for hydroxylation is 1. The van der Waals surface area contributed by atoms with E-state index in [-0.39, 0.29) is 11.7 Å². The molecule has 6 nitrogen and oxygen atoms in total. The van der Waals surface area contributed by atoms with Crippen LogP contribution in [0.4, 0.5) is 10.1 Å². The van der Waals surface area contributed by atoms with Crippen molar-refractivity contribution in [1.29, 1.82) is 0 Å². The molecule has 4 rings (SSSR count). The van der Waals surface area contributed by atoms with Crippen molar-refractivity contribution >= 4 is 21.6 Å². The number of anilines is 1. The van der Waals surface area contributed by atoms with Gasteiger partial charge in [-0.25, -0.2) is 12.8 Å². The molecular weight excluding hydrogens is 441 g/mol. The summed E-state index contributed by atoms with van der Waals surface area (Å²) >= 11 is 0. The summed E-state index contributed by atoms with van der Waals surface area (Å²) in [4.78, 5) is 14.9. The molecule has 0 aliphatic carbocycles. The molecule has 1 aliphatic rings. The quantitative estimate of drug-likeness (QED) is 0.597. The molecule has 1 saturated heterocycles. The van der Waals surface area contributed by atoms with E-state index in [9.17, 15) is 17.6 Å². The highest BCUT2D eigenvalue weighted by Crippen LogP contribution is 2.19.